The van der Waals surface area contributed by atoms with Crippen LogP contribution in [-0.2, 0) is 18.8 Å². The first-order chi connectivity index (χ1) is 8.62. The van der Waals surface area contributed by atoms with E-state index in [-0.39, 0.29) is 13.0 Å². The quantitative estimate of drug-likeness (QED) is 0.729. The minimum absolute atomic E-state index is 0.115. The van der Waals surface area contributed by atoms with Crippen LogP contribution in [-0.4, -0.2) is 12.5 Å². The molecule has 1 heterocycles. The van der Waals surface area contributed by atoms with Crippen molar-refractivity contribution in [2.75, 3.05) is 6.54 Å². The van der Waals surface area contributed by atoms with Gasteiger partial charge in [-0.05, 0) is 24.1 Å². The Morgan fingerprint density at radius 1 is 0.947 bits per heavy atom. The van der Waals surface area contributed by atoms with Gasteiger partial charge >= 0.3 is 12.4 Å². The summed E-state index contributed by atoms with van der Waals surface area (Å²) < 4.78 is 76.3. The summed E-state index contributed by atoms with van der Waals surface area (Å²) in [6.45, 7) is -0.115. The molecule has 104 valence electrons. The van der Waals surface area contributed by atoms with Gasteiger partial charge in [0.1, 0.15) is 0 Å². The predicted molar refractivity (Wildman–Crippen MR) is 52.5 cm³/mol. The number of hydrogen-bond donors (Lipinski definition) is 1. The van der Waals surface area contributed by atoms with Crippen molar-refractivity contribution < 1.29 is 31.1 Å². The lowest BCUT2D eigenvalue weighted by atomic mass is 9.90. The van der Waals surface area contributed by atoms with Crippen LogP contribution in [0.15, 0.2) is 12.1 Å². The van der Waals surface area contributed by atoms with Crippen LogP contribution < -0.4 is 5.32 Å². The Balaban J connectivity index is 2.74. The highest BCUT2D eigenvalue weighted by Crippen LogP contribution is 2.40. The summed E-state index contributed by atoms with van der Waals surface area (Å²) in [5.74, 6) is -1.13. The minimum atomic E-state index is -4.87. The molecule has 0 radical (unpaired) electrons. The fourth-order valence-electron chi connectivity index (χ4n) is 2.06. The number of alkyl halides is 6. The Morgan fingerprint density at radius 3 is 2.00 bits per heavy atom. The lowest BCUT2D eigenvalue weighted by Gasteiger charge is -2.24. The van der Waals surface area contributed by atoms with Gasteiger partial charge in [-0.3, -0.25) is 4.79 Å². The Morgan fingerprint density at radius 2 is 1.47 bits per heavy atom. The summed E-state index contributed by atoms with van der Waals surface area (Å²) in [4.78, 5) is 11.5. The van der Waals surface area contributed by atoms with E-state index in [0.29, 0.717) is 12.1 Å². The SMILES string of the molecule is O=C1NCCc2c(C(F)(F)F)ccc(C(F)(F)F)c21. The largest absolute Gasteiger partial charge is 0.417 e. The van der Waals surface area contributed by atoms with Crippen LogP contribution in [0.25, 0.3) is 0 Å². The maximum atomic E-state index is 12.7. The summed E-state index contributed by atoms with van der Waals surface area (Å²) in [7, 11) is 0. The molecule has 1 aliphatic heterocycles. The second kappa shape index (κ2) is 4.14. The van der Waals surface area contributed by atoms with Crippen LogP contribution in [0.5, 0.6) is 0 Å². The van der Waals surface area contributed by atoms with Gasteiger partial charge in [0, 0.05) is 6.54 Å². The van der Waals surface area contributed by atoms with Crippen molar-refractivity contribution in [2.24, 2.45) is 0 Å². The van der Waals surface area contributed by atoms with E-state index >= 15 is 0 Å². The predicted octanol–water partition coefficient (Wildman–Crippen LogP) is 3.01. The molecule has 0 atom stereocenters. The molecular weight excluding hydrogens is 276 g/mol. The maximum absolute atomic E-state index is 12.7. The number of halogens is 6. The molecule has 0 unspecified atom stereocenters. The molecule has 1 aromatic rings. The molecule has 0 saturated heterocycles. The molecule has 0 bridgehead atoms. The summed E-state index contributed by atoms with van der Waals surface area (Å²) in [6.07, 6.45) is -9.94. The molecule has 0 aliphatic carbocycles. The number of benzene rings is 1. The second-order valence-electron chi connectivity index (χ2n) is 4.02. The van der Waals surface area contributed by atoms with Crippen LogP contribution in [0.4, 0.5) is 26.3 Å². The van der Waals surface area contributed by atoms with E-state index in [1.165, 1.54) is 0 Å². The highest BCUT2D eigenvalue weighted by Gasteiger charge is 2.42. The van der Waals surface area contributed by atoms with Gasteiger partial charge < -0.3 is 5.32 Å². The molecule has 0 aromatic heterocycles. The van der Waals surface area contributed by atoms with E-state index in [0.717, 1.165) is 0 Å². The fourth-order valence-corrected chi connectivity index (χ4v) is 2.06. The fraction of sp³-hybridized carbons (Fsp3) is 0.364. The maximum Gasteiger partial charge on any atom is 0.417 e. The van der Waals surface area contributed by atoms with Crippen molar-refractivity contribution in [3.63, 3.8) is 0 Å². The molecule has 2 nitrogen and oxygen atoms in total. The molecule has 1 N–H and O–H groups in total. The van der Waals surface area contributed by atoms with Crippen molar-refractivity contribution in [1.29, 1.82) is 0 Å². The van der Waals surface area contributed by atoms with Crippen molar-refractivity contribution in [2.45, 2.75) is 18.8 Å². The molecule has 1 aliphatic rings. The van der Waals surface area contributed by atoms with E-state index in [4.69, 9.17) is 0 Å². The molecule has 19 heavy (non-hydrogen) atoms. The van der Waals surface area contributed by atoms with Crippen molar-refractivity contribution in [3.8, 4) is 0 Å². The second-order valence-corrected chi connectivity index (χ2v) is 4.02. The van der Waals surface area contributed by atoms with Crippen LogP contribution in [0, 0.1) is 0 Å². The molecule has 0 spiro atoms. The molecule has 2 rings (SSSR count). The smallest absolute Gasteiger partial charge is 0.352 e. The number of nitrogens with one attached hydrogen (secondary N) is 1. The first kappa shape index (κ1) is 13.7. The first-order valence-electron chi connectivity index (χ1n) is 5.21. The van der Waals surface area contributed by atoms with E-state index in [1.807, 2.05) is 0 Å². The van der Waals surface area contributed by atoms with Gasteiger partial charge in [-0.1, -0.05) is 0 Å². The van der Waals surface area contributed by atoms with Gasteiger partial charge in [-0.15, -0.1) is 0 Å². The average molecular weight is 283 g/mol. The standard InChI is InChI=1S/C11H7F6NO/c12-10(13,14)6-1-2-7(11(15,16)17)8-5(6)3-4-18-9(8)19/h1-2H,3-4H2,(H,18,19). The Bertz CT molecular complexity index is 531. The van der Waals surface area contributed by atoms with Crippen LogP contribution in [0.3, 0.4) is 0 Å². The Hall–Kier alpha value is -1.73. The van der Waals surface area contributed by atoms with E-state index in [9.17, 15) is 31.1 Å². The average Bonchev–Trinajstić information content (AvgIpc) is 2.25. The number of fused-ring (bicyclic) bond motifs is 1. The molecule has 1 amide bonds. The van der Waals surface area contributed by atoms with E-state index in [1.54, 1.807) is 0 Å². The first-order valence-corrected chi connectivity index (χ1v) is 5.21. The molecule has 0 saturated carbocycles. The monoisotopic (exact) mass is 283 g/mol. The van der Waals surface area contributed by atoms with Crippen molar-refractivity contribution in [1.82, 2.24) is 5.32 Å². The van der Waals surface area contributed by atoms with E-state index < -0.39 is 40.5 Å². The number of hydrogen-bond acceptors (Lipinski definition) is 1. The lowest BCUT2D eigenvalue weighted by Crippen LogP contribution is -2.35. The van der Waals surface area contributed by atoms with Gasteiger partial charge in [-0.25, -0.2) is 0 Å². The summed E-state index contributed by atoms with van der Waals surface area (Å²) in [6, 6.07) is 0.673. The Labute approximate surface area is 103 Å². The zero-order valence-corrected chi connectivity index (χ0v) is 9.24. The lowest BCUT2D eigenvalue weighted by molar-refractivity contribution is -0.142. The normalized spacial score (nSPS) is 16.0. The van der Waals surface area contributed by atoms with Gasteiger partial charge in [0.05, 0.1) is 16.7 Å². The number of rotatable bonds is 0. The highest BCUT2D eigenvalue weighted by molar-refractivity contribution is 5.98. The van der Waals surface area contributed by atoms with Crippen molar-refractivity contribution >= 4 is 5.91 Å². The summed E-state index contributed by atoms with van der Waals surface area (Å²) in [5, 5.41) is 2.12. The van der Waals surface area contributed by atoms with Gasteiger partial charge in [-0.2, -0.15) is 26.3 Å². The van der Waals surface area contributed by atoms with Gasteiger partial charge in [0.2, 0.25) is 0 Å². The minimum Gasteiger partial charge on any atom is -0.352 e. The van der Waals surface area contributed by atoms with Gasteiger partial charge in [0.25, 0.3) is 5.91 Å². The Kier molecular flexibility index (Phi) is 2.98. The summed E-state index contributed by atoms with van der Waals surface area (Å²) >= 11 is 0. The highest BCUT2D eigenvalue weighted by atomic mass is 19.4. The third-order valence-corrected chi connectivity index (χ3v) is 2.81. The third-order valence-electron chi connectivity index (χ3n) is 2.81. The van der Waals surface area contributed by atoms with Crippen LogP contribution >= 0.6 is 0 Å². The molecule has 1 aromatic carbocycles. The zero-order chi connectivity index (χ0) is 14.4. The molecular formula is C11H7F6NO. The number of carbonyl (C=O) groups excluding carboxylic acids is 1. The summed E-state index contributed by atoms with van der Waals surface area (Å²) in [5.41, 5.74) is -4.04. The zero-order valence-electron chi connectivity index (χ0n) is 9.24. The number of carbonyl (C=O) groups is 1. The van der Waals surface area contributed by atoms with Crippen LogP contribution in [0.2, 0.25) is 0 Å². The topological polar surface area (TPSA) is 29.1 Å². The van der Waals surface area contributed by atoms with Gasteiger partial charge in [0.15, 0.2) is 0 Å². The molecule has 0 fully saturated rings. The van der Waals surface area contributed by atoms with Crippen LogP contribution in [0.1, 0.15) is 27.0 Å². The number of amides is 1. The van der Waals surface area contributed by atoms with Crippen molar-refractivity contribution in [3.05, 3.63) is 34.4 Å². The third kappa shape index (κ3) is 2.39. The van der Waals surface area contributed by atoms with E-state index in [2.05, 4.69) is 5.32 Å². The molecule has 8 heteroatoms.